The number of hydrogen-bond donors (Lipinski definition) is 1. The molecule has 27 heavy (non-hydrogen) atoms. The summed E-state index contributed by atoms with van der Waals surface area (Å²) < 4.78 is 1.88. The van der Waals surface area contributed by atoms with E-state index in [-0.39, 0.29) is 17.7 Å². The van der Waals surface area contributed by atoms with Crippen LogP contribution in [0.1, 0.15) is 29.7 Å². The zero-order valence-corrected chi connectivity index (χ0v) is 16.7. The van der Waals surface area contributed by atoms with Gasteiger partial charge in [-0.15, -0.1) is 10.2 Å². The first kappa shape index (κ1) is 19.1. The lowest BCUT2D eigenvalue weighted by Crippen LogP contribution is -2.28. The highest BCUT2D eigenvalue weighted by Crippen LogP contribution is 2.22. The molecule has 1 amide bonds. The van der Waals surface area contributed by atoms with E-state index in [0.29, 0.717) is 5.16 Å². The van der Waals surface area contributed by atoms with Crippen molar-refractivity contribution in [3.63, 3.8) is 0 Å². The maximum atomic E-state index is 12.3. The van der Waals surface area contributed by atoms with Gasteiger partial charge in [0, 0.05) is 25.0 Å². The van der Waals surface area contributed by atoms with Crippen molar-refractivity contribution in [2.24, 2.45) is 7.05 Å². The maximum Gasteiger partial charge on any atom is 0.230 e. The molecule has 2 aromatic heterocycles. The Labute approximate surface area is 163 Å². The average Bonchev–Trinajstić information content (AvgIpc) is 3.03. The lowest BCUT2D eigenvalue weighted by Gasteiger charge is -2.15. The van der Waals surface area contributed by atoms with Gasteiger partial charge >= 0.3 is 0 Å². The predicted molar refractivity (Wildman–Crippen MR) is 107 cm³/mol. The van der Waals surface area contributed by atoms with Crippen LogP contribution < -0.4 is 5.32 Å². The van der Waals surface area contributed by atoms with Gasteiger partial charge in [0.2, 0.25) is 5.91 Å². The highest BCUT2D eigenvalue weighted by Gasteiger charge is 2.15. The van der Waals surface area contributed by atoms with Crippen molar-refractivity contribution in [3.05, 3.63) is 59.4 Å². The number of nitrogens with zero attached hydrogens (tertiary/aromatic N) is 4. The van der Waals surface area contributed by atoms with E-state index in [9.17, 15) is 4.79 Å². The molecule has 3 aromatic rings. The van der Waals surface area contributed by atoms with E-state index in [1.54, 1.807) is 12.4 Å². The Balaban J connectivity index is 1.59. The number of aromatic nitrogens is 4. The first-order chi connectivity index (χ1) is 13.0. The van der Waals surface area contributed by atoms with Crippen LogP contribution in [0.3, 0.4) is 0 Å². The number of nitrogens with one attached hydrogen (secondary N) is 1. The number of carbonyl (C=O) groups excluding carboxylic acids is 1. The van der Waals surface area contributed by atoms with Crippen LogP contribution in [0, 0.1) is 13.8 Å². The summed E-state index contributed by atoms with van der Waals surface area (Å²) in [6.07, 6.45) is 3.47. The Kier molecular flexibility index (Phi) is 5.91. The van der Waals surface area contributed by atoms with Gasteiger partial charge in [-0.2, -0.15) is 0 Å². The van der Waals surface area contributed by atoms with Gasteiger partial charge in [0.05, 0.1) is 11.8 Å². The molecule has 0 bridgehead atoms. The van der Waals surface area contributed by atoms with E-state index in [0.717, 1.165) is 17.0 Å². The quantitative estimate of drug-likeness (QED) is 0.662. The molecule has 1 N–H and O–H groups in total. The summed E-state index contributed by atoms with van der Waals surface area (Å²) in [5, 5.41) is 12.1. The number of benzene rings is 1. The van der Waals surface area contributed by atoms with Crippen molar-refractivity contribution in [2.75, 3.05) is 5.75 Å². The Hall–Kier alpha value is -2.67. The summed E-state index contributed by atoms with van der Waals surface area (Å²) in [6, 6.07) is 10.0. The van der Waals surface area contributed by atoms with E-state index in [4.69, 9.17) is 0 Å². The van der Waals surface area contributed by atoms with E-state index < -0.39 is 0 Å². The van der Waals surface area contributed by atoms with Gasteiger partial charge in [-0.3, -0.25) is 9.78 Å². The first-order valence-corrected chi connectivity index (χ1v) is 9.73. The van der Waals surface area contributed by atoms with Crippen LogP contribution in [0.4, 0.5) is 0 Å². The van der Waals surface area contributed by atoms with Crippen LogP contribution in [0.15, 0.2) is 47.9 Å². The number of aryl methyl sites for hydroxylation is 2. The Morgan fingerprint density at radius 2 is 2.04 bits per heavy atom. The summed E-state index contributed by atoms with van der Waals surface area (Å²) in [7, 11) is 1.89. The third-order valence-electron chi connectivity index (χ3n) is 4.50. The highest BCUT2D eigenvalue weighted by molar-refractivity contribution is 7.99. The van der Waals surface area contributed by atoms with E-state index in [1.165, 1.54) is 22.9 Å². The van der Waals surface area contributed by atoms with Gasteiger partial charge in [0.25, 0.3) is 0 Å². The normalized spacial score (nSPS) is 12.0. The fraction of sp³-hybridized carbons (Fsp3) is 0.300. The smallest absolute Gasteiger partial charge is 0.230 e. The molecule has 140 valence electrons. The first-order valence-electron chi connectivity index (χ1n) is 8.75. The zero-order valence-electron chi connectivity index (χ0n) is 15.9. The van der Waals surface area contributed by atoms with Crippen molar-refractivity contribution < 1.29 is 4.79 Å². The Morgan fingerprint density at radius 1 is 1.22 bits per heavy atom. The molecule has 0 aliphatic rings. The summed E-state index contributed by atoms with van der Waals surface area (Å²) in [5.41, 5.74) is 4.48. The minimum atomic E-state index is -0.0390. The monoisotopic (exact) mass is 381 g/mol. The van der Waals surface area contributed by atoms with Gasteiger partial charge in [-0.1, -0.05) is 30.0 Å². The lowest BCUT2D eigenvalue weighted by atomic mass is 10.0. The van der Waals surface area contributed by atoms with Gasteiger partial charge < -0.3 is 9.88 Å². The third-order valence-corrected chi connectivity index (χ3v) is 5.52. The lowest BCUT2D eigenvalue weighted by molar-refractivity contribution is -0.119. The van der Waals surface area contributed by atoms with Crippen molar-refractivity contribution >= 4 is 17.7 Å². The fourth-order valence-corrected chi connectivity index (χ4v) is 3.44. The van der Waals surface area contributed by atoms with Crippen LogP contribution in [0.5, 0.6) is 0 Å². The van der Waals surface area contributed by atoms with Gasteiger partial charge in [0.1, 0.15) is 0 Å². The largest absolute Gasteiger partial charge is 0.349 e. The molecule has 0 saturated heterocycles. The second-order valence-corrected chi connectivity index (χ2v) is 7.47. The number of hydrogen-bond acceptors (Lipinski definition) is 5. The number of thioether (sulfide) groups is 1. The third kappa shape index (κ3) is 4.54. The summed E-state index contributed by atoms with van der Waals surface area (Å²) in [5.74, 6) is 0.986. The molecule has 7 heteroatoms. The van der Waals surface area contributed by atoms with Crippen molar-refractivity contribution in [1.82, 2.24) is 25.1 Å². The van der Waals surface area contributed by atoms with E-state index in [2.05, 4.69) is 52.5 Å². The van der Waals surface area contributed by atoms with E-state index in [1.807, 2.05) is 30.7 Å². The predicted octanol–water partition coefficient (Wildman–Crippen LogP) is 3.46. The molecule has 1 aromatic carbocycles. The highest BCUT2D eigenvalue weighted by atomic mass is 32.2. The second-order valence-electron chi connectivity index (χ2n) is 6.53. The molecule has 3 rings (SSSR count). The number of pyridine rings is 1. The SMILES string of the molecule is Cc1ccc(C(C)NC(=O)CSc2nnc(-c3cccnc3)n2C)cc1C. The minimum absolute atomic E-state index is 0.0309. The summed E-state index contributed by atoms with van der Waals surface area (Å²) in [4.78, 5) is 16.4. The zero-order chi connectivity index (χ0) is 19.4. The molecule has 0 aliphatic heterocycles. The van der Waals surface area contributed by atoms with E-state index >= 15 is 0 Å². The molecule has 0 radical (unpaired) electrons. The molecule has 0 saturated carbocycles. The van der Waals surface area contributed by atoms with Crippen LogP contribution in [0.25, 0.3) is 11.4 Å². The maximum absolute atomic E-state index is 12.3. The summed E-state index contributed by atoms with van der Waals surface area (Å²) >= 11 is 1.37. The van der Waals surface area contributed by atoms with Crippen molar-refractivity contribution in [3.8, 4) is 11.4 Å². The number of carbonyl (C=O) groups is 1. The molecule has 0 fully saturated rings. The second kappa shape index (κ2) is 8.35. The van der Waals surface area contributed by atoms with Crippen LogP contribution in [0.2, 0.25) is 0 Å². The van der Waals surface area contributed by atoms with Crippen molar-refractivity contribution in [1.29, 1.82) is 0 Å². The van der Waals surface area contributed by atoms with Gasteiger partial charge in [0.15, 0.2) is 11.0 Å². The summed E-state index contributed by atoms with van der Waals surface area (Å²) in [6.45, 7) is 6.16. The number of rotatable bonds is 6. The van der Waals surface area contributed by atoms with Crippen LogP contribution >= 0.6 is 11.8 Å². The Bertz CT molecular complexity index is 939. The standard InChI is InChI=1S/C20H23N5OS/c1-13-7-8-16(10-14(13)2)15(3)22-18(26)12-27-20-24-23-19(25(20)4)17-6-5-9-21-11-17/h5-11,15H,12H2,1-4H3,(H,22,26). The molecule has 1 atom stereocenters. The molecular formula is C20H23N5OS. The minimum Gasteiger partial charge on any atom is -0.349 e. The molecule has 0 spiro atoms. The van der Waals surface area contributed by atoms with Crippen LogP contribution in [-0.4, -0.2) is 31.4 Å². The molecule has 6 nitrogen and oxygen atoms in total. The molecule has 1 unspecified atom stereocenters. The molecule has 2 heterocycles. The topological polar surface area (TPSA) is 72.7 Å². The average molecular weight is 382 g/mol. The van der Waals surface area contributed by atoms with Crippen LogP contribution in [-0.2, 0) is 11.8 Å². The van der Waals surface area contributed by atoms with Gasteiger partial charge in [-0.05, 0) is 49.6 Å². The van der Waals surface area contributed by atoms with Gasteiger partial charge in [-0.25, -0.2) is 0 Å². The number of amides is 1. The fourth-order valence-electron chi connectivity index (χ4n) is 2.72. The molecular weight excluding hydrogens is 358 g/mol. The molecule has 0 aliphatic carbocycles. The Morgan fingerprint density at radius 3 is 2.74 bits per heavy atom. The van der Waals surface area contributed by atoms with Crippen molar-refractivity contribution in [2.45, 2.75) is 32.0 Å².